The average molecular weight is 381 g/mol. The Labute approximate surface area is 164 Å². The van der Waals surface area contributed by atoms with Gasteiger partial charge in [-0.15, -0.1) is 0 Å². The minimum atomic E-state index is -1.21. The number of carboxylic acid groups (broad SMARTS) is 1. The van der Waals surface area contributed by atoms with Crippen molar-refractivity contribution in [1.29, 1.82) is 0 Å². The number of rotatable bonds is 4. The lowest BCUT2D eigenvalue weighted by Crippen LogP contribution is -2.46. The molecule has 2 N–H and O–H groups in total. The van der Waals surface area contributed by atoms with Gasteiger partial charge in [0.2, 0.25) is 0 Å². The molecule has 4 rings (SSSR count). The van der Waals surface area contributed by atoms with E-state index in [1.54, 1.807) is 6.07 Å². The summed E-state index contributed by atoms with van der Waals surface area (Å²) in [5.74, 6) is -1.21. The Morgan fingerprint density at radius 1 is 0.929 bits per heavy atom. The number of pyridine rings is 1. The van der Waals surface area contributed by atoms with Crippen LogP contribution in [0.4, 0.5) is 5.69 Å². The van der Waals surface area contributed by atoms with Gasteiger partial charge in [0.25, 0.3) is 5.56 Å². The van der Waals surface area contributed by atoms with Crippen LogP contribution in [0.5, 0.6) is 0 Å². The van der Waals surface area contributed by atoms with Crippen LogP contribution in [-0.4, -0.2) is 53.2 Å². The van der Waals surface area contributed by atoms with Crippen molar-refractivity contribution in [3.63, 3.8) is 0 Å². The number of carbonyl (C=O) groups is 1. The van der Waals surface area contributed by atoms with Crippen LogP contribution < -0.4 is 10.5 Å². The van der Waals surface area contributed by atoms with Crippen LogP contribution in [0.25, 0.3) is 11.3 Å². The maximum absolute atomic E-state index is 11.9. The average Bonchev–Trinajstić information content (AvgIpc) is 2.74. The van der Waals surface area contributed by atoms with Gasteiger partial charge in [0, 0.05) is 30.5 Å². The summed E-state index contributed by atoms with van der Waals surface area (Å²) in [4.78, 5) is 30.6. The molecule has 0 unspecified atom stereocenters. The van der Waals surface area contributed by atoms with Gasteiger partial charge in [-0.3, -0.25) is 4.79 Å². The van der Waals surface area contributed by atoms with E-state index in [4.69, 9.17) is 5.11 Å². The molecule has 148 valence electrons. The second kappa shape index (κ2) is 8.19. The largest absolute Gasteiger partial charge is 0.477 e. The summed E-state index contributed by atoms with van der Waals surface area (Å²) >= 11 is 0. The lowest BCUT2D eigenvalue weighted by atomic mass is 9.99. The lowest BCUT2D eigenvalue weighted by Gasteiger charge is -2.41. The van der Waals surface area contributed by atoms with E-state index in [0.29, 0.717) is 5.69 Å². The lowest BCUT2D eigenvalue weighted by molar-refractivity contribution is 0.0695. The standard InChI is InChI=1S/C22H27N3O3/c26-21-19(22(27)28)8-9-20(23-21)16-4-6-17(7-5-16)25-14-10-18(11-15-25)24-12-2-1-3-13-24/h4-9,18H,1-3,10-15H2,(H,23,26)(H,27,28). The van der Waals surface area contributed by atoms with Crippen LogP contribution in [0, 0.1) is 0 Å². The number of nitrogens with zero attached hydrogens (tertiary/aromatic N) is 2. The number of aromatic amines is 1. The van der Waals surface area contributed by atoms with Gasteiger partial charge in [0.1, 0.15) is 5.56 Å². The number of anilines is 1. The zero-order valence-electron chi connectivity index (χ0n) is 16.1. The van der Waals surface area contributed by atoms with E-state index in [-0.39, 0.29) is 5.56 Å². The van der Waals surface area contributed by atoms with Crippen LogP contribution in [-0.2, 0) is 0 Å². The molecule has 0 spiro atoms. The molecular formula is C22H27N3O3. The van der Waals surface area contributed by atoms with Crippen LogP contribution >= 0.6 is 0 Å². The molecule has 1 aromatic carbocycles. The predicted molar refractivity (Wildman–Crippen MR) is 110 cm³/mol. The maximum Gasteiger partial charge on any atom is 0.341 e. The second-order valence-corrected chi connectivity index (χ2v) is 7.78. The van der Waals surface area contributed by atoms with Crippen molar-refractivity contribution >= 4 is 11.7 Å². The molecule has 0 bridgehead atoms. The first-order valence-electron chi connectivity index (χ1n) is 10.2. The van der Waals surface area contributed by atoms with Gasteiger partial charge in [-0.05, 0) is 68.6 Å². The molecule has 3 heterocycles. The normalized spacial score (nSPS) is 18.9. The third kappa shape index (κ3) is 3.97. The zero-order valence-corrected chi connectivity index (χ0v) is 16.1. The number of aromatic carboxylic acids is 1. The van der Waals surface area contributed by atoms with E-state index in [0.717, 1.165) is 24.7 Å². The van der Waals surface area contributed by atoms with Gasteiger partial charge >= 0.3 is 5.97 Å². The first-order chi connectivity index (χ1) is 13.6. The highest BCUT2D eigenvalue weighted by atomic mass is 16.4. The van der Waals surface area contributed by atoms with E-state index in [1.807, 2.05) is 12.1 Å². The Kier molecular flexibility index (Phi) is 5.48. The molecule has 2 fully saturated rings. The molecule has 2 aromatic rings. The fourth-order valence-electron chi connectivity index (χ4n) is 4.44. The minimum absolute atomic E-state index is 0.239. The van der Waals surface area contributed by atoms with Gasteiger partial charge in [-0.25, -0.2) is 4.79 Å². The number of benzene rings is 1. The summed E-state index contributed by atoms with van der Waals surface area (Å²) in [6.07, 6.45) is 6.50. The molecule has 2 aliphatic rings. The first-order valence-corrected chi connectivity index (χ1v) is 10.2. The molecule has 0 atom stereocenters. The van der Waals surface area contributed by atoms with Gasteiger partial charge in [-0.1, -0.05) is 18.6 Å². The monoisotopic (exact) mass is 381 g/mol. The van der Waals surface area contributed by atoms with Crippen LogP contribution in [0.1, 0.15) is 42.5 Å². The van der Waals surface area contributed by atoms with E-state index in [2.05, 4.69) is 26.9 Å². The van der Waals surface area contributed by atoms with Gasteiger partial charge in [0.15, 0.2) is 0 Å². The highest BCUT2D eigenvalue weighted by Gasteiger charge is 2.25. The topological polar surface area (TPSA) is 76.6 Å². The molecular weight excluding hydrogens is 354 g/mol. The molecule has 6 nitrogen and oxygen atoms in total. The predicted octanol–water partition coefficient (Wildman–Crippen LogP) is 3.19. The van der Waals surface area contributed by atoms with Gasteiger partial charge in [0.05, 0.1) is 0 Å². The van der Waals surface area contributed by atoms with Crippen molar-refractivity contribution in [3.8, 4) is 11.3 Å². The van der Waals surface area contributed by atoms with Crippen molar-refractivity contribution in [2.75, 3.05) is 31.1 Å². The molecule has 0 amide bonds. The Morgan fingerprint density at radius 3 is 2.21 bits per heavy atom. The van der Waals surface area contributed by atoms with Crippen molar-refractivity contribution in [3.05, 3.63) is 52.3 Å². The summed E-state index contributed by atoms with van der Waals surface area (Å²) in [5.41, 5.74) is 1.89. The third-order valence-electron chi connectivity index (χ3n) is 6.05. The van der Waals surface area contributed by atoms with Crippen LogP contribution in [0.15, 0.2) is 41.2 Å². The summed E-state index contributed by atoms with van der Waals surface area (Å²) in [6.45, 7) is 4.67. The van der Waals surface area contributed by atoms with Crippen molar-refractivity contribution < 1.29 is 9.90 Å². The smallest absolute Gasteiger partial charge is 0.341 e. The van der Waals surface area contributed by atoms with Crippen LogP contribution in [0.3, 0.4) is 0 Å². The summed E-state index contributed by atoms with van der Waals surface area (Å²) < 4.78 is 0. The number of piperidine rings is 2. The van der Waals surface area contributed by atoms with Crippen molar-refractivity contribution in [2.24, 2.45) is 0 Å². The fourth-order valence-corrected chi connectivity index (χ4v) is 4.44. The molecule has 2 aliphatic heterocycles. The molecule has 0 saturated carbocycles. The number of hydrogen-bond acceptors (Lipinski definition) is 4. The molecule has 0 radical (unpaired) electrons. The first kappa shape index (κ1) is 18.7. The van der Waals surface area contributed by atoms with Gasteiger partial charge in [-0.2, -0.15) is 0 Å². The van der Waals surface area contributed by atoms with Crippen LogP contribution in [0.2, 0.25) is 0 Å². The van der Waals surface area contributed by atoms with E-state index in [9.17, 15) is 9.59 Å². The number of carboxylic acids is 1. The number of aromatic nitrogens is 1. The van der Waals surface area contributed by atoms with Crippen molar-refractivity contribution in [2.45, 2.75) is 38.1 Å². The molecule has 2 saturated heterocycles. The highest BCUT2D eigenvalue weighted by Crippen LogP contribution is 2.26. The summed E-state index contributed by atoms with van der Waals surface area (Å²) in [6, 6.07) is 11.9. The molecule has 28 heavy (non-hydrogen) atoms. The highest BCUT2D eigenvalue weighted by molar-refractivity contribution is 5.87. The van der Waals surface area contributed by atoms with Gasteiger partial charge < -0.3 is 19.9 Å². The third-order valence-corrected chi connectivity index (χ3v) is 6.05. The number of nitrogens with one attached hydrogen (secondary N) is 1. The number of hydrogen-bond donors (Lipinski definition) is 2. The summed E-state index contributed by atoms with van der Waals surface area (Å²) in [5, 5.41) is 8.98. The Bertz CT molecular complexity index is 877. The molecule has 1 aromatic heterocycles. The van der Waals surface area contributed by atoms with E-state index < -0.39 is 11.5 Å². The van der Waals surface area contributed by atoms with E-state index in [1.165, 1.54) is 56.9 Å². The molecule has 0 aliphatic carbocycles. The number of H-pyrrole nitrogens is 1. The summed E-state index contributed by atoms with van der Waals surface area (Å²) in [7, 11) is 0. The van der Waals surface area contributed by atoms with Crippen molar-refractivity contribution in [1.82, 2.24) is 9.88 Å². The zero-order chi connectivity index (χ0) is 19.5. The SMILES string of the molecule is O=C(O)c1ccc(-c2ccc(N3CCC(N4CCCCC4)CC3)cc2)[nH]c1=O. The minimum Gasteiger partial charge on any atom is -0.477 e. The Hall–Kier alpha value is -2.60. The Morgan fingerprint density at radius 2 is 1.61 bits per heavy atom. The second-order valence-electron chi connectivity index (χ2n) is 7.78. The Balaban J connectivity index is 1.40. The molecule has 6 heteroatoms. The van der Waals surface area contributed by atoms with E-state index >= 15 is 0 Å². The maximum atomic E-state index is 11.9. The fraction of sp³-hybridized carbons (Fsp3) is 0.455. The number of likely N-dealkylation sites (tertiary alicyclic amines) is 1. The quantitative estimate of drug-likeness (QED) is 0.851.